The number of esters is 1. The van der Waals surface area contributed by atoms with E-state index in [1.807, 2.05) is 43.3 Å². The molecule has 182 valence electrons. The lowest BCUT2D eigenvalue weighted by molar-refractivity contribution is -0.151. The molecule has 2 aliphatic rings. The molecule has 0 bridgehead atoms. The Labute approximate surface area is 200 Å². The Kier molecular flexibility index (Phi) is 7.06. The van der Waals surface area contributed by atoms with E-state index in [0.717, 1.165) is 11.1 Å². The second kappa shape index (κ2) is 9.85. The average molecular weight is 486 g/mol. The second-order valence-electron chi connectivity index (χ2n) is 8.87. The second-order valence-corrected chi connectivity index (χ2v) is 10.8. The molecule has 34 heavy (non-hydrogen) atoms. The van der Waals surface area contributed by atoms with Gasteiger partial charge in [-0.25, -0.2) is 8.42 Å². The summed E-state index contributed by atoms with van der Waals surface area (Å²) >= 11 is 0. The molecule has 4 rings (SSSR count). The Morgan fingerprint density at radius 2 is 1.82 bits per heavy atom. The van der Waals surface area contributed by atoms with E-state index in [4.69, 9.17) is 4.74 Å². The van der Waals surface area contributed by atoms with Gasteiger partial charge in [0.15, 0.2) is 0 Å². The maximum atomic E-state index is 13.4. The number of piperidine rings is 1. The van der Waals surface area contributed by atoms with Gasteiger partial charge in [-0.1, -0.05) is 42.5 Å². The fraction of sp³-hybridized carbons (Fsp3) is 0.440. The van der Waals surface area contributed by atoms with Crippen LogP contribution in [-0.2, 0) is 30.8 Å². The van der Waals surface area contributed by atoms with Gasteiger partial charge in [0.25, 0.3) is 0 Å². The molecular weight excluding hydrogens is 454 g/mol. The minimum absolute atomic E-state index is 0.157. The normalized spacial score (nSPS) is 20.6. The molecule has 1 spiro atoms. The standard InChI is InChI=1S/C25H31N3O5S/c1-3-33-23(29)18-28-24(30)22(17-20-9-5-4-6-10-20)26-25(28)12-14-27(15-13-25)34(31,32)21-11-7-8-19(2)16-21/h4-11,16,22,26H,3,12-15,17-18H2,1-2H3. The summed E-state index contributed by atoms with van der Waals surface area (Å²) in [5.74, 6) is -0.626. The first kappa shape index (κ1) is 24.4. The Morgan fingerprint density at radius 1 is 1.12 bits per heavy atom. The molecule has 2 aromatic carbocycles. The molecule has 1 unspecified atom stereocenters. The van der Waals surface area contributed by atoms with Gasteiger partial charge in [0, 0.05) is 13.1 Å². The van der Waals surface area contributed by atoms with Crippen molar-refractivity contribution in [3.8, 4) is 0 Å². The summed E-state index contributed by atoms with van der Waals surface area (Å²) in [6, 6.07) is 16.1. The van der Waals surface area contributed by atoms with Crippen molar-refractivity contribution in [1.82, 2.24) is 14.5 Å². The summed E-state index contributed by atoms with van der Waals surface area (Å²) in [4.78, 5) is 27.5. The van der Waals surface area contributed by atoms with E-state index in [2.05, 4.69) is 5.32 Å². The van der Waals surface area contributed by atoms with Gasteiger partial charge < -0.3 is 9.64 Å². The number of ether oxygens (including phenoxy) is 1. The van der Waals surface area contributed by atoms with Gasteiger partial charge in [-0.15, -0.1) is 0 Å². The first-order chi connectivity index (χ1) is 16.2. The third-order valence-corrected chi connectivity index (χ3v) is 8.47. The van der Waals surface area contributed by atoms with E-state index in [0.29, 0.717) is 19.3 Å². The molecule has 1 amide bonds. The molecule has 0 radical (unpaired) electrons. The summed E-state index contributed by atoms with van der Waals surface area (Å²) in [5, 5.41) is 3.47. The van der Waals surface area contributed by atoms with Crippen LogP contribution in [0.1, 0.15) is 30.9 Å². The van der Waals surface area contributed by atoms with Crippen LogP contribution in [-0.4, -0.2) is 67.4 Å². The highest BCUT2D eigenvalue weighted by Crippen LogP contribution is 2.35. The van der Waals surface area contributed by atoms with Crippen LogP contribution in [0.3, 0.4) is 0 Å². The van der Waals surface area contributed by atoms with Crippen LogP contribution in [0.15, 0.2) is 59.5 Å². The summed E-state index contributed by atoms with van der Waals surface area (Å²) < 4.78 is 33.0. The number of nitrogens with one attached hydrogen (secondary N) is 1. The van der Waals surface area contributed by atoms with Crippen LogP contribution in [0.4, 0.5) is 0 Å². The lowest BCUT2D eigenvalue weighted by atomic mass is 9.97. The van der Waals surface area contributed by atoms with E-state index >= 15 is 0 Å². The predicted molar refractivity (Wildman–Crippen MR) is 127 cm³/mol. The lowest BCUT2D eigenvalue weighted by Gasteiger charge is -2.43. The van der Waals surface area contributed by atoms with E-state index in [-0.39, 0.29) is 37.0 Å². The van der Waals surface area contributed by atoms with Crippen molar-refractivity contribution in [2.45, 2.75) is 49.7 Å². The largest absolute Gasteiger partial charge is 0.465 e. The molecule has 0 saturated carbocycles. The quantitative estimate of drug-likeness (QED) is 0.604. The Morgan fingerprint density at radius 3 is 2.47 bits per heavy atom. The number of carbonyl (C=O) groups is 2. The maximum Gasteiger partial charge on any atom is 0.325 e. The molecule has 2 aliphatic heterocycles. The molecule has 1 N–H and O–H groups in total. The van der Waals surface area contributed by atoms with Crippen molar-refractivity contribution in [3.63, 3.8) is 0 Å². The highest BCUT2D eigenvalue weighted by atomic mass is 32.2. The first-order valence-electron chi connectivity index (χ1n) is 11.6. The maximum absolute atomic E-state index is 13.4. The SMILES string of the molecule is CCOC(=O)CN1C(=O)C(Cc2ccccc2)NC12CCN(S(=O)(=O)c1cccc(C)c1)CC2. The minimum Gasteiger partial charge on any atom is -0.465 e. The molecule has 0 aliphatic carbocycles. The van der Waals surface area contributed by atoms with Crippen molar-refractivity contribution < 1.29 is 22.7 Å². The van der Waals surface area contributed by atoms with Gasteiger partial charge in [0.05, 0.1) is 23.2 Å². The average Bonchev–Trinajstić information content (AvgIpc) is 3.05. The molecule has 9 heteroatoms. The Bertz CT molecular complexity index is 1140. The number of carbonyl (C=O) groups excluding carboxylic acids is 2. The van der Waals surface area contributed by atoms with Gasteiger partial charge in [-0.3, -0.25) is 14.9 Å². The van der Waals surface area contributed by atoms with E-state index in [1.165, 1.54) is 4.31 Å². The smallest absolute Gasteiger partial charge is 0.325 e. The van der Waals surface area contributed by atoms with Crippen LogP contribution < -0.4 is 5.32 Å². The van der Waals surface area contributed by atoms with Crippen molar-refractivity contribution in [2.75, 3.05) is 26.2 Å². The fourth-order valence-corrected chi connectivity index (χ4v) is 6.40. The van der Waals surface area contributed by atoms with Gasteiger partial charge >= 0.3 is 5.97 Å². The molecule has 1 atom stereocenters. The Balaban J connectivity index is 1.55. The summed E-state index contributed by atoms with van der Waals surface area (Å²) in [7, 11) is -3.65. The summed E-state index contributed by atoms with van der Waals surface area (Å²) in [5.41, 5.74) is 1.10. The van der Waals surface area contributed by atoms with E-state index in [9.17, 15) is 18.0 Å². The van der Waals surface area contributed by atoms with E-state index < -0.39 is 27.7 Å². The number of amides is 1. The highest BCUT2D eigenvalue weighted by molar-refractivity contribution is 7.89. The molecule has 2 fully saturated rings. The molecule has 0 aromatic heterocycles. The van der Waals surface area contributed by atoms with Gasteiger partial charge in [-0.05, 0) is 56.4 Å². The molecule has 2 saturated heterocycles. The molecule has 2 heterocycles. The van der Waals surface area contributed by atoms with Crippen molar-refractivity contribution >= 4 is 21.9 Å². The van der Waals surface area contributed by atoms with Crippen molar-refractivity contribution in [3.05, 3.63) is 65.7 Å². The van der Waals surface area contributed by atoms with Gasteiger partial charge in [0.1, 0.15) is 6.54 Å². The number of hydrogen-bond acceptors (Lipinski definition) is 6. The van der Waals surface area contributed by atoms with Gasteiger partial charge in [-0.2, -0.15) is 4.31 Å². The topological polar surface area (TPSA) is 96.0 Å². The molecule has 2 aromatic rings. The third-order valence-electron chi connectivity index (χ3n) is 6.58. The van der Waals surface area contributed by atoms with E-state index in [1.54, 1.807) is 30.0 Å². The minimum atomic E-state index is -3.65. The molecular formula is C25H31N3O5S. The highest BCUT2D eigenvalue weighted by Gasteiger charge is 2.53. The number of rotatable bonds is 7. The van der Waals surface area contributed by atoms with Crippen LogP contribution in [0.2, 0.25) is 0 Å². The molecule has 8 nitrogen and oxygen atoms in total. The Hall–Kier alpha value is -2.75. The van der Waals surface area contributed by atoms with Gasteiger partial charge in [0.2, 0.25) is 15.9 Å². The van der Waals surface area contributed by atoms with Crippen molar-refractivity contribution in [2.24, 2.45) is 0 Å². The van der Waals surface area contributed by atoms with Crippen LogP contribution in [0.25, 0.3) is 0 Å². The lowest BCUT2D eigenvalue weighted by Crippen LogP contribution is -2.60. The zero-order valence-corrected chi connectivity index (χ0v) is 20.4. The zero-order valence-electron chi connectivity index (χ0n) is 19.6. The first-order valence-corrected chi connectivity index (χ1v) is 13.0. The van der Waals surface area contributed by atoms with Crippen LogP contribution in [0.5, 0.6) is 0 Å². The van der Waals surface area contributed by atoms with Crippen LogP contribution >= 0.6 is 0 Å². The predicted octanol–water partition coefficient (Wildman–Crippen LogP) is 2.08. The fourth-order valence-electron chi connectivity index (χ4n) is 4.85. The van der Waals surface area contributed by atoms with Crippen LogP contribution in [0, 0.1) is 6.92 Å². The third kappa shape index (κ3) is 4.87. The van der Waals surface area contributed by atoms with Crippen molar-refractivity contribution in [1.29, 1.82) is 0 Å². The number of aryl methyl sites for hydroxylation is 1. The summed E-state index contributed by atoms with van der Waals surface area (Å²) in [6.07, 6.45) is 1.26. The number of benzene rings is 2. The zero-order chi connectivity index (χ0) is 24.3. The summed E-state index contributed by atoms with van der Waals surface area (Å²) in [6.45, 7) is 4.15. The number of nitrogens with zero attached hydrogens (tertiary/aromatic N) is 2. The number of hydrogen-bond donors (Lipinski definition) is 1. The monoisotopic (exact) mass is 485 g/mol. The number of sulfonamides is 1.